The second kappa shape index (κ2) is 5.72. The van der Waals surface area contributed by atoms with E-state index in [1.54, 1.807) is 19.1 Å². The molecule has 1 amide bonds. The summed E-state index contributed by atoms with van der Waals surface area (Å²) < 4.78 is 22.8. The number of carboxylic acid groups (broad SMARTS) is 1. The average molecular weight is 325 g/mol. The highest BCUT2D eigenvalue weighted by Gasteiger charge is 2.46. The number of carbonyl (C=O) groups is 2. The third-order valence-corrected chi connectivity index (χ3v) is 4.95. The molecule has 0 saturated heterocycles. The quantitative estimate of drug-likeness (QED) is 0.831. The van der Waals surface area contributed by atoms with Crippen molar-refractivity contribution in [2.75, 3.05) is 17.3 Å². The third-order valence-electron chi connectivity index (χ3n) is 3.81. The summed E-state index contributed by atoms with van der Waals surface area (Å²) in [5.41, 5.74) is 0.706. The van der Waals surface area contributed by atoms with Crippen molar-refractivity contribution in [3.05, 3.63) is 29.3 Å². The Kier molecular flexibility index (Phi) is 4.28. The Morgan fingerprint density at radius 2 is 1.95 bits per heavy atom. The molecule has 0 atom stereocenters. The van der Waals surface area contributed by atoms with Gasteiger partial charge in [-0.3, -0.25) is 4.79 Å². The molecule has 2 N–H and O–H groups in total. The van der Waals surface area contributed by atoms with Crippen LogP contribution in [0.2, 0.25) is 0 Å². The lowest BCUT2D eigenvalue weighted by Gasteiger charge is -2.14. The van der Waals surface area contributed by atoms with E-state index in [2.05, 4.69) is 5.32 Å². The topological polar surface area (TPSA) is 101 Å². The van der Waals surface area contributed by atoms with E-state index in [0.29, 0.717) is 11.3 Å². The first-order valence-corrected chi connectivity index (χ1v) is 8.98. The van der Waals surface area contributed by atoms with Crippen LogP contribution in [0.5, 0.6) is 0 Å². The van der Waals surface area contributed by atoms with Gasteiger partial charge in [-0.2, -0.15) is 0 Å². The molecule has 0 spiro atoms. The molecule has 1 aromatic rings. The molecule has 1 saturated carbocycles. The lowest BCUT2D eigenvalue weighted by molar-refractivity contribution is -0.117. The first-order valence-electron chi connectivity index (χ1n) is 6.92. The molecule has 0 heterocycles. The average Bonchev–Trinajstić information content (AvgIpc) is 3.07. The molecule has 0 unspecified atom stereocenters. The molecule has 0 bridgehead atoms. The van der Waals surface area contributed by atoms with Gasteiger partial charge < -0.3 is 10.4 Å². The summed E-state index contributed by atoms with van der Waals surface area (Å²) in [4.78, 5) is 23.1. The Morgan fingerprint density at radius 1 is 1.32 bits per heavy atom. The Bertz CT molecular complexity index is 719. The van der Waals surface area contributed by atoms with Gasteiger partial charge in [-0.15, -0.1) is 0 Å². The Hall–Kier alpha value is -1.89. The largest absolute Gasteiger partial charge is 0.478 e. The van der Waals surface area contributed by atoms with Crippen molar-refractivity contribution in [2.45, 2.75) is 26.2 Å². The number of anilines is 1. The molecule has 7 heteroatoms. The summed E-state index contributed by atoms with van der Waals surface area (Å²) in [6.07, 6.45) is 2.75. The molecule has 6 nitrogen and oxygen atoms in total. The number of amides is 1. The van der Waals surface area contributed by atoms with Gasteiger partial charge >= 0.3 is 5.97 Å². The van der Waals surface area contributed by atoms with Crippen molar-refractivity contribution in [3.8, 4) is 0 Å². The highest BCUT2D eigenvalue weighted by Crippen LogP contribution is 2.49. The number of hydrogen-bond donors (Lipinski definition) is 2. The second-order valence-electron chi connectivity index (χ2n) is 6.13. The number of rotatable bonds is 6. The van der Waals surface area contributed by atoms with Crippen LogP contribution in [0.1, 0.15) is 35.2 Å². The molecule has 1 aromatic carbocycles. The minimum atomic E-state index is -3.12. The molecule has 22 heavy (non-hydrogen) atoms. The molecular weight excluding hydrogens is 306 g/mol. The number of aryl methyl sites for hydroxylation is 1. The molecule has 0 radical (unpaired) electrons. The molecule has 1 aliphatic carbocycles. The van der Waals surface area contributed by atoms with E-state index in [4.69, 9.17) is 5.11 Å². The van der Waals surface area contributed by atoms with E-state index in [-0.39, 0.29) is 23.6 Å². The molecular formula is C15H19NO5S. The summed E-state index contributed by atoms with van der Waals surface area (Å²) in [6, 6.07) is 4.67. The van der Waals surface area contributed by atoms with Crippen LogP contribution in [0.4, 0.5) is 5.69 Å². The Balaban J connectivity index is 2.04. The monoisotopic (exact) mass is 325 g/mol. The van der Waals surface area contributed by atoms with Crippen molar-refractivity contribution in [1.29, 1.82) is 0 Å². The first-order chi connectivity index (χ1) is 10.1. The molecule has 2 rings (SSSR count). The molecule has 1 fully saturated rings. The van der Waals surface area contributed by atoms with Crippen LogP contribution >= 0.6 is 0 Å². The minimum Gasteiger partial charge on any atom is -0.478 e. The van der Waals surface area contributed by atoms with Crippen LogP contribution in [-0.4, -0.2) is 37.4 Å². The lowest BCUT2D eigenvalue weighted by atomic mass is 10.0. The van der Waals surface area contributed by atoms with Crippen molar-refractivity contribution in [3.63, 3.8) is 0 Å². The van der Waals surface area contributed by atoms with Crippen LogP contribution < -0.4 is 5.32 Å². The number of carboxylic acids is 1. The van der Waals surface area contributed by atoms with Crippen LogP contribution in [0.25, 0.3) is 0 Å². The van der Waals surface area contributed by atoms with E-state index in [1.807, 2.05) is 0 Å². The normalized spacial score (nSPS) is 16.1. The Morgan fingerprint density at radius 3 is 2.45 bits per heavy atom. The van der Waals surface area contributed by atoms with Gasteiger partial charge in [0.15, 0.2) is 0 Å². The lowest BCUT2D eigenvalue weighted by Crippen LogP contribution is -2.23. The van der Waals surface area contributed by atoms with Crippen molar-refractivity contribution < 1.29 is 23.1 Å². The summed E-state index contributed by atoms with van der Waals surface area (Å²) in [7, 11) is -3.12. The van der Waals surface area contributed by atoms with Crippen molar-refractivity contribution >= 4 is 27.4 Å². The van der Waals surface area contributed by atoms with E-state index in [1.165, 1.54) is 12.3 Å². The number of carbonyl (C=O) groups excluding carboxylic acids is 1. The fraction of sp³-hybridized carbons (Fsp3) is 0.467. The predicted molar refractivity (Wildman–Crippen MR) is 82.8 cm³/mol. The van der Waals surface area contributed by atoms with Crippen LogP contribution in [0.15, 0.2) is 18.2 Å². The number of hydrogen-bond acceptors (Lipinski definition) is 4. The number of aromatic carboxylic acids is 1. The maximum atomic E-state index is 12.1. The molecule has 0 aromatic heterocycles. The van der Waals surface area contributed by atoms with E-state index in [0.717, 1.165) is 12.8 Å². The van der Waals surface area contributed by atoms with Crippen molar-refractivity contribution in [1.82, 2.24) is 0 Å². The number of sulfone groups is 1. The summed E-state index contributed by atoms with van der Waals surface area (Å²) in [6.45, 7) is 1.68. The maximum absolute atomic E-state index is 12.1. The zero-order valence-corrected chi connectivity index (χ0v) is 13.4. The van der Waals surface area contributed by atoms with Gasteiger partial charge in [0.25, 0.3) is 0 Å². The SMILES string of the molecule is Cc1ccc(NC(=O)CC2(CS(C)(=O)=O)CC2)cc1C(=O)O. The molecule has 1 aliphatic rings. The second-order valence-corrected chi connectivity index (χ2v) is 8.27. The van der Waals surface area contributed by atoms with Gasteiger partial charge in [0.1, 0.15) is 9.84 Å². The fourth-order valence-corrected chi connectivity index (χ4v) is 4.08. The third kappa shape index (κ3) is 4.30. The van der Waals surface area contributed by atoms with Crippen LogP contribution in [0.3, 0.4) is 0 Å². The van der Waals surface area contributed by atoms with Crippen LogP contribution in [-0.2, 0) is 14.6 Å². The van der Waals surface area contributed by atoms with Gasteiger partial charge in [0.05, 0.1) is 11.3 Å². The highest BCUT2D eigenvalue weighted by molar-refractivity contribution is 7.90. The summed E-state index contributed by atoms with van der Waals surface area (Å²) >= 11 is 0. The van der Waals surface area contributed by atoms with Gasteiger partial charge in [-0.05, 0) is 42.9 Å². The highest BCUT2D eigenvalue weighted by atomic mass is 32.2. The zero-order valence-electron chi connectivity index (χ0n) is 12.5. The maximum Gasteiger partial charge on any atom is 0.336 e. The first kappa shape index (κ1) is 16.5. The zero-order chi connectivity index (χ0) is 16.5. The van der Waals surface area contributed by atoms with Gasteiger partial charge in [0.2, 0.25) is 5.91 Å². The summed E-state index contributed by atoms with van der Waals surface area (Å²) in [5.74, 6) is -1.33. The van der Waals surface area contributed by atoms with E-state index >= 15 is 0 Å². The van der Waals surface area contributed by atoms with Gasteiger partial charge in [-0.25, -0.2) is 13.2 Å². The Labute approximate surface area is 129 Å². The number of nitrogens with one attached hydrogen (secondary N) is 1. The molecule has 0 aliphatic heterocycles. The van der Waals surface area contributed by atoms with Crippen LogP contribution in [0, 0.1) is 12.3 Å². The van der Waals surface area contributed by atoms with Gasteiger partial charge in [-0.1, -0.05) is 6.07 Å². The van der Waals surface area contributed by atoms with E-state index < -0.39 is 21.2 Å². The van der Waals surface area contributed by atoms with Gasteiger partial charge in [0, 0.05) is 18.4 Å². The number of benzene rings is 1. The predicted octanol–water partition coefficient (Wildman–Crippen LogP) is 1.85. The summed E-state index contributed by atoms with van der Waals surface area (Å²) in [5, 5.41) is 11.7. The van der Waals surface area contributed by atoms with E-state index in [9.17, 15) is 18.0 Å². The molecule has 120 valence electrons. The fourth-order valence-electron chi connectivity index (χ4n) is 2.58. The standard InChI is InChI=1S/C15H19NO5S/c1-10-3-4-11(7-12(10)14(18)19)16-13(17)8-15(5-6-15)9-22(2,20)21/h3-4,7H,5-6,8-9H2,1-2H3,(H,16,17)(H,18,19). The minimum absolute atomic E-state index is 0.0156. The van der Waals surface area contributed by atoms with Crippen molar-refractivity contribution in [2.24, 2.45) is 5.41 Å². The smallest absolute Gasteiger partial charge is 0.336 e.